The average Bonchev–Trinajstić information content (AvgIpc) is 2.76. The molecule has 1 saturated heterocycles. The topological polar surface area (TPSA) is 82.9 Å². The van der Waals surface area contributed by atoms with E-state index in [0.717, 1.165) is 55.7 Å². The average molecular weight is 315 g/mol. The summed E-state index contributed by atoms with van der Waals surface area (Å²) < 4.78 is 1.97. The van der Waals surface area contributed by atoms with Crippen LogP contribution in [-0.4, -0.2) is 63.3 Å². The Morgan fingerprint density at radius 1 is 1.33 bits per heavy atom. The Bertz CT molecular complexity index is 507. The van der Waals surface area contributed by atoms with Crippen molar-refractivity contribution in [2.45, 2.75) is 26.9 Å². The molecular weight excluding hydrogens is 292 g/mol. The fourth-order valence-electron chi connectivity index (χ4n) is 2.60. The van der Waals surface area contributed by atoms with Gasteiger partial charge in [0.1, 0.15) is 0 Å². The van der Waals surface area contributed by atoms with Crippen molar-refractivity contribution in [1.82, 2.24) is 19.6 Å². The Kier molecular flexibility index (Phi) is 5.44. The van der Waals surface area contributed by atoms with E-state index in [2.05, 4.69) is 27.0 Å². The Morgan fingerprint density at radius 3 is 2.52 bits per heavy atom. The number of nitrogens with two attached hydrogens (primary N) is 1. The first-order valence-corrected chi connectivity index (χ1v) is 7.55. The summed E-state index contributed by atoms with van der Waals surface area (Å²) in [6.07, 6.45) is 0. The van der Waals surface area contributed by atoms with Gasteiger partial charge in [0.25, 0.3) is 0 Å². The van der Waals surface area contributed by atoms with E-state index in [1.54, 1.807) is 0 Å². The second-order valence-electron chi connectivity index (χ2n) is 5.31. The van der Waals surface area contributed by atoms with Crippen molar-refractivity contribution in [1.29, 1.82) is 0 Å². The van der Waals surface area contributed by atoms with Gasteiger partial charge in [-0.1, -0.05) is 16.8 Å². The molecule has 0 amide bonds. The summed E-state index contributed by atoms with van der Waals surface area (Å²) in [6, 6.07) is 0. The molecule has 0 bridgehead atoms. The highest BCUT2D eigenvalue weighted by Gasteiger charge is 2.21. The Hall–Kier alpha value is -1.31. The molecule has 1 aliphatic rings. The molecule has 0 unspecified atom stereocenters. The predicted molar refractivity (Wildman–Crippen MR) is 82.8 cm³/mol. The van der Waals surface area contributed by atoms with Crippen LogP contribution in [0.3, 0.4) is 0 Å². The van der Waals surface area contributed by atoms with Gasteiger partial charge < -0.3 is 10.9 Å². The first kappa shape index (κ1) is 16.1. The van der Waals surface area contributed by atoms with Gasteiger partial charge >= 0.3 is 0 Å². The Labute approximate surface area is 129 Å². The minimum absolute atomic E-state index is 0.256. The zero-order chi connectivity index (χ0) is 15.4. The molecule has 0 aromatic carbocycles. The molecule has 0 spiro atoms. The molecule has 1 aliphatic heterocycles. The quantitative estimate of drug-likeness (QED) is 0.362. The minimum atomic E-state index is 0.256. The predicted octanol–water partition coefficient (Wildman–Crippen LogP) is 0.729. The van der Waals surface area contributed by atoms with Crippen LogP contribution in [0.25, 0.3) is 0 Å². The first-order chi connectivity index (χ1) is 10.0. The van der Waals surface area contributed by atoms with Crippen molar-refractivity contribution in [2.75, 3.05) is 32.7 Å². The van der Waals surface area contributed by atoms with E-state index in [-0.39, 0.29) is 5.84 Å². The van der Waals surface area contributed by atoms with E-state index in [9.17, 15) is 0 Å². The van der Waals surface area contributed by atoms with Crippen molar-refractivity contribution in [3.63, 3.8) is 0 Å². The van der Waals surface area contributed by atoms with E-state index in [0.29, 0.717) is 6.54 Å². The highest BCUT2D eigenvalue weighted by molar-refractivity contribution is 6.31. The molecule has 0 saturated carbocycles. The molecule has 0 aliphatic carbocycles. The fraction of sp³-hybridized carbons (Fsp3) is 0.692. The van der Waals surface area contributed by atoms with Gasteiger partial charge in [0.15, 0.2) is 5.84 Å². The number of halogens is 1. The van der Waals surface area contributed by atoms with Crippen LogP contribution < -0.4 is 5.73 Å². The number of aryl methyl sites for hydroxylation is 2. The summed E-state index contributed by atoms with van der Waals surface area (Å²) in [7, 11) is 0. The molecule has 118 valence electrons. The minimum Gasteiger partial charge on any atom is -0.409 e. The third-order valence-corrected chi connectivity index (χ3v) is 4.30. The molecule has 7 nitrogen and oxygen atoms in total. The van der Waals surface area contributed by atoms with Crippen LogP contribution in [-0.2, 0) is 13.1 Å². The zero-order valence-electron chi connectivity index (χ0n) is 12.6. The van der Waals surface area contributed by atoms with Crippen molar-refractivity contribution in [2.24, 2.45) is 10.9 Å². The maximum absolute atomic E-state index is 8.60. The SMILES string of the molecule is CCn1nc(C)c(Cl)c1CN1CCN(CC(N)=NO)CC1. The van der Waals surface area contributed by atoms with Crippen LogP contribution in [0.1, 0.15) is 18.3 Å². The fourth-order valence-corrected chi connectivity index (χ4v) is 2.79. The normalized spacial score (nSPS) is 18.3. The van der Waals surface area contributed by atoms with Crippen LogP contribution in [0.15, 0.2) is 5.16 Å². The summed E-state index contributed by atoms with van der Waals surface area (Å²) in [5.41, 5.74) is 7.51. The molecule has 21 heavy (non-hydrogen) atoms. The lowest BCUT2D eigenvalue weighted by molar-refractivity contribution is 0.136. The van der Waals surface area contributed by atoms with Gasteiger partial charge in [-0.15, -0.1) is 0 Å². The summed E-state index contributed by atoms with van der Waals surface area (Å²) in [6.45, 7) is 9.81. The number of amidine groups is 1. The molecule has 2 rings (SSSR count). The van der Waals surface area contributed by atoms with Gasteiger partial charge in [0.05, 0.1) is 23.0 Å². The summed E-state index contributed by atoms with van der Waals surface area (Å²) in [4.78, 5) is 4.53. The number of nitrogens with zero attached hydrogens (tertiary/aromatic N) is 5. The van der Waals surface area contributed by atoms with Crippen molar-refractivity contribution in [3.8, 4) is 0 Å². The standard InChI is InChI=1S/C13H23ClN6O/c1-3-20-11(13(14)10(2)16-20)8-18-4-6-19(7-5-18)9-12(15)17-21/h21H,3-9H2,1-2H3,(H2,15,17). The first-order valence-electron chi connectivity index (χ1n) is 7.18. The molecule has 1 fully saturated rings. The summed E-state index contributed by atoms with van der Waals surface area (Å²) >= 11 is 6.35. The maximum Gasteiger partial charge on any atom is 0.153 e. The lowest BCUT2D eigenvalue weighted by Gasteiger charge is -2.34. The molecule has 1 aromatic rings. The van der Waals surface area contributed by atoms with Gasteiger partial charge in [0, 0.05) is 39.3 Å². The van der Waals surface area contributed by atoms with E-state index in [1.165, 1.54) is 0 Å². The van der Waals surface area contributed by atoms with Gasteiger partial charge in [-0.05, 0) is 13.8 Å². The summed E-state index contributed by atoms with van der Waals surface area (Å²) in [5.74, 6) is 0.256. The largest absolute Gasteiger partial charge is 0.409 e. The van der Waals surface area contributed by atoms with Crippen LogP contribution >= 0.6 is 11.6 Å². The molecule has 2 heterocycles. The Balaban J connectivity index is 1.92. The van der Waals surface area contributed by atoms with Crippen molar-refractivity contribution < 1.29 is 5.21 Å². The number of piperazine rings is 1. The summed E-state index contributed by atoms with van der Waals surface area (Å²) in [5, 5.41) is 16.8. The van der Waals surface area contributed by atoms with E-state index < -0.39 is 0 Å². The molecule has 3 N–H and O–H groups in total. The number of hydrogen-bond donors (Lipinski definition) is 2. The lowest BCUT2D eigenvalue weighted by atomic mass is 10.2. The second kappa shape index (κ2) is 7.11. The number of aromatic nitrogens is 2. The van der Waals surface area contributed by atoms with Crippen LogP contribution in [0, 0.1) is 6.92 Å². The van der Waals surface area contributed by atoms with E-state index in [4.69, 9.17) is 22.5 Å². The van der Waals surface area contributed by atoms with Crippen molar-refractivity contribution in [3.05, 3.63) is 16.4 Å². The van der Waals surface area contributed by atoms with Gasteiger partial charge in [-0.3, -0.25) is 14.5 Å². The molecule has 0 radical (unpaired) electrons. The van der Waals surface area contributed by atoms with Crippen LogP contribution in [0.4, 0.5) is 0 Å². The van der Waals surface area contributed by atoms with Crippen LogP contribution in [0.2, 0.25) is 5.02 Å². The monoisotopic (exact) mass is 314 g/mol. The molecule has 1 aromatic heterocycles. The van der Waals surface area contributed by atoms with Gasteiger partial charge in [0.2, 0.25) is 0 Å². The Morgan fingerprint density at radius 2 is 1.95 bits per heavy atom. The smallest absolute Gasteiger partial charge is 0.153 e. The molecule has 8 heteroatoms. The second-order valence-corrected chi connectivity index (χ2v) is 5.68. The van der Waals surface area contributed by atoms with Gasteiger partial charge in [-0.2, -0.15) is 5.10 Å². The van der Waals surface area contributed by atoms with Crippen molar-refractivity contribution >= 4 is 17.4 Å². The number of hydrogen-bond acceptors (Lipinski definition) is 5. The van der Waals surface area contributed by atoms with Crippen LogP contribution in [0.5, 0.6) is 0 Å². The number of oxime groups is 1. The van der Waals surface area contributed by atoms with E-state index >= 15 is 0 Å². The lowest BCUT2D eigenvalue weighted by Crippen LogP contribution is -2.48. The molecule has 0 atom stereocenters. The molecular formula is C13H23ClN6O. The van der Waals surface area contributed by atoms with E-state index in [1.807, 2.05) is 11.6 Å². The third kappa shape index (κ3) is 3.87. The number of rotatable bonds is 5. The third-order valence-electron chi connectivity index (χ3n) is 3.81. The highest BCUT2D eigenvalue weighted by Crippen LogP contribution is 2.22. The van der Waals surface area contributed by atoms with Gasteiger partial charge in [-0.25, -0.2) is 0 Å². The zero-order valence-corrected chi connectivity index (χ0v) is 13.3. The highest BCUT2D eigenvalue weighted by atomic mass is 35.5. The maximum atomic E-state index is 8.60.